The zero-order valence-corrected chi connectivity index (χ0v) is 13.2. The van der Waals surface area contributed by atoms with Gasteiger partial charge in [0.25, 0.3) is 0 Å². The van der Waals surface area contributed by atoms with Crippen LogP contribution in [0, 0.1) is 11.3 Å². The van der Waals surface area contributed by atoms with E-state index in [9.17, 15) is 9.59 Å². The van der Waals surface area contributed by atoms with Crippen molar-refractivity contribution in [3.05, 3.63) is 35.9 Å². The highest BCUT2D eigenvalue weighted by molar-refractivity contribution is 7.98. The predicted molar refractivity (Wildman–Crippen MR) is 85.2 cm³/mol. The SMILES string of the molecule is CSCCC(NC(=O)OCc1ccccc1)C(=O)NCC#N. The lowest BCUT2D eigenvalue weighted by Gasteiger charge is -2.17. The van der Waals surface area contributed by atoms with Gasteiger partial charge in [-0.1, -0.05) is 30.3 Å². The van der Waals surface area contributed by atoms with Crippen LogP contribution in [-0.2, 0) is 16.1 Å². The van der Waals surface area contributed by atoms with Gasteiger partial charge in [-0.05, 0) is 24.0 Å². The molecule has 6 nitrogen and oxygen atoms in total. The fraction of sp³-hybridized carbons (Fsp3) is 0.400. The van der Waals surface area contributed by atoms with Gasteiger partial charge in [-0.3, -0.25) is 4.79 Å². The zero-order valence-electron chi connectivity index (χ0n) is 12.4. The Hall–Kier alpha value is -2.20. The van der Waals surface area contributed by atoms with E-state index in [2.05, 4.69) is 10.6 Å². The van der Waals surface area contributed by atoms with E-state index in [-0.39, 0.29) is 19.1 Å². The average molecular weight is 321 g/mol. The van der Waals surface area contributed by atoms with Gasteiger partial charge in [0.2, 0.25) is 5.91 Å². The molecule has 0 aliphatic rings. The Morgan fingerprint density at radius 1 is 1.36 bits per heavy atom. The van der Waals surface area contributed by atoms with Gasteiger partial charge in [-0.15, -0.1) is 0 Å². The van der Waals surface area contributed by atoms with Crippen LogP contribution in [0.2, 0.25) is 0 Å². The number of benzene rings is 1. The Balaban J connectivity index is 2.47. The molecular weight excluding hydrogens is 302 g/mol. The number of amides is 2. The standard InChI is InChI=1S/C15H19N3O3S/c1-22-10-7-13(14(19)17-9-8-16)18-15(20)21-11-12-5-3-2-4-6-12/h2-6,13H,7,9-11H2,1H3,(H,17,19)(H,18,20). The third kappa shape index (κ3) is 6.99. The van der Waals surface area contributed by atoms with Crippen molar-refractivity contribution in [2.45, 2.75) is 19.1 Å². The molecule has 7 heteroatoms. The second kappa shape index (κ2) is 10.5. The number of thioether (sulfide) groups is 1. The normalized spacial score (nSPS) is 11.1. The third-order valence-corrected chi connectivity index (χ3v) is 3.42. The summed E-state index contributed by atoms with van der Waals surface area (Å²) in [6, 6.07) is 10.4. The van der Waals surface area contributed by atoms with Gasteiger partial charge in [0, 0.05) is 0 Å². The number of alkyl carbamates (subject to hydrolysis) is 1. The summed E-state index contributed by atoms with van der Waals surface area (Å²) in [6.45, 7) is 0.0527. The minimum atomic E-state index is -0.705. The molecule has 1 atom stereocenters. The van der Waals surface area contributed by atoms with Crippen LogP contribution in [-0.4, -0.2) is 36.6 Å². The Kier molecular flexibility index (Phi) is 8.53. The number of rotatable bonds is 8. The molecular formula is C15H19N3O3S. The molecule has 2 amide bonds. The summed E-state index contributed by atoms with van der Waals surface area (Å²) in [5.41, 5.74) is 0.868. The lowest BCUT2D eigenvalue weighted by molar-refractivity contribution is -0.122. The molecule has 0 aromatic heterocycles. The number of nitriles is 1. The van der Waals surface area contributed by atoms with E-state index in [4.69, 9.17) is 10.00 Å². The van der Waals surface area contributed by atoms with Crippen molar-refractivity contribution in [1.82, 2.24) is 10.6 Å². The van der Waals surface area contributed by atoms with E-state index in [1.807, 2.05) is 42.7 Å². The topological polar surface area (TPSA) is 91.2 Å². The quantitative estimate of drug-likeness (QED) is 0.711. The molecule has 0 bridgehead atoms. The van der Waals surface area contributed by atoms with Crippen LogP contribution in [0.1, 0.15) is 12.0 Å². The molecule has 0 fully saturated rings. The number of carbonyl (C=O) groups is 2. The summed E-state index contributed by atoms with van der Waals surface area (Å²) in [7, 11) is 0. The Morgan fingerprint density at radius 2 is 2.09 bits per heavy atom. The summed E-state index contributed by atoms with van der Waals surface area (Å²) < 4.78 is 5.09. The van der Waals surface area contributed by atoms with Crippen molar-refractivity contribution in [1.29, 1.82) is 5.26 Å². The van der Waals surface area contributed by atoms with E-state index in [1.165, 1.54) is 0 Å². The number of ether oxygens (including phenoxy) is 1. The highest BCUT2D eigenvalue weighted by atomic mass is 32.2. The van der Waals surface area contributed by atoms with Gasteiger partial charge in [0.05, 0.1) is 6.07 Å². The molecule has 0 aliphatic heterocycles. The number of nitrogens with zero attached hydrogens (tertiary/aromatic N) is 1. The lowest BCUT2D eigenvalue weighted by atomic mass is 10.2. The van der Waals surface area contributed by atoms with Crippen molar-refractivity contribution < 1.29 is 14.3 Å². The smallest absolute Gasteiger partial charge is 0.408 e. The third-order valence-electron chi connectivity index (χ3n) is 2.77. The molecule has 22 heavy (non-hydrogen) atoms. The monoisotopic (exact) mass is 321 g/mol. The van der Waals surface area contributed by atoms with Crippen LogP contribution in [0.3, 0.4) is 0 Å². The van der Waals surface area contributed by atoms with Gasteiger partial charge in [0.1, 0.15) is 19.2 Å². The molecule has 1 unspecified atom stereocenters. The summed E-state index contributed by atoms with van der Waals surface area (Å²) in [5, 5.41) is 13.5. The van der Waals surface area contributed by atoms with Crippen molar-refractivity contribution in [3.63, 3.8) is 0 Å². The second-order valence-corrected chi connectivity index (χ2v) is 5.40. The largest absolute Gasteiger partial charge is 0.445 e. The first-order valence-electron chi connectivity index (χ1n) is 6.78. The maximum absolute atomic E-state index is 11.9. The van der Waals surface area contributed by atoms with Gasteiger partial charge in [0.15, 0.2) is 0 Å². The van der Waals surface area contributed by atoms with Crippen molar-refractivity contribution in [3.8, 4) is 6.07 Å². The molecule has 2 N–H and O–H groups in total. The minimum Gasteiger partial charge on any atom is -0.445 e. The maximum atomic E-state index is 11.9. The summed E-state index contributed by atoms with van der Waals surface area (Å²) in [4.78, 5) is 23.7. The van der Waals surface area contributed by atoms with Crippen LogP contribution >= 0.6 is 11.8 Å². The molecule has 118 valence electrons. The first-order valence-corrected chi connectivity index (χ1v) is 8.17. The van der Waals surface area contributed by atoms with E-state index < -0.39 is 12.1 Å². The van der Waals surface area contributed by atoms with Crippen LogP contribution in [0.4, 0.5) is 4.79 Å². The van der Waals surface area contributed by atoms with Crippen molar-refractivity contribution in [2.24, 2.45) is 0 Å². The predicted octanol–water partition coefficient (Wildman–Crippen LogP) is 1.67. The summed E-state index contributed by atoms with van der Waals surface area (Å²) in [6.07, 6.45) is 1.73. The molecule has 0 radical (unpaired) electrons. The fourth-order valence-electron chi connectivity index (χ4n) is 1.66. The molecule has 1 aromatic carbocycles. The number of carbonyl (C=O) groups excluding carboxylic acids is 2. The number of nitrogens with one attached hydrogen (secondary N) is 2. The van der Waals surface area contributed by atoms with Crippen LogP contribution in [0.25, 0.3) is 0 Å². The molecule has 1 rings (SSSR count). The number of hydrogen-bond acceptors (Lipinski definition) is 5. The van der Waals surface area contributed by atoms with Crippen LogP contribution < -0.4 is 10.6 Å². The minimum absolute atomic E-state index is 0.0880. The van der Waals surface area contributed by atoms with E-state index in [1.54, 1.807) is 11.8 Å². The Morgan fingerprint density at radius 3 is 2.73 bits per heavy atom. The van der Waals surface area contributed by atoms with E-state index in [0.717, 1.165) is 5.56 Å². The Bertz CT molecular complexity index is 517. The zero-order chi connectivity index (χ0) is 16.2. The Labute approximate surface area is 134 Å². The van der Waals surface area contributed by atoms with Crippen LogP contribution in [0.15, 0.2) is 30.3 Å². The fourth-order valence-corrected chi connectivity index (χ4v) is 2.13. The average Bonchev–Trinajstić information content (AvgIpc) is 2.55. The molecule has 0 saturated carbocycles. The van der Waals surface area contributed by atoms with Gasteiger partial charge in [-0.2, -0.15) is 17.0 Å². The van der Waals surface area contributed by atoms with Crippen molar-refractivity contribution >= 4 is 23.8 Å². The highest BCUT2D eigenvalue weighted by Gasteiger charge is 2.20. The summed E-state index contributed by atoms with van der Waals surface area (Å²) >= 11 is 1.57. The molecule has 0 spiro atoms. The van der Waals surface area contributed by atoms with Gasteiger partial charge >= 0.3 is 6.09 Å². The molecule has 0 heterocycles. The first kappa shape index (κ1) is 17.9. The van der Waals surface area contributed by atoms with Crippen molar-refractivity contribution in [2.75, 3.05) is 18.6 Å². The number of hydrogen-bond donors (Lipinski definition) is 2. The second-order valence-electron chi connectivity index (χ2n) is 4.42. The first-order chi connectivity index (χ1) is 10.7. The molecule has 0 saturated heterocycles. The highest BCUT2D eigenvalue weighted by Crippen LogP contribution is 2.03. The lowest BCUT2D eigenvalue weighted by Crippen LogP contribution is -2.47. The van der Waals surface area contributed by atoms with Gasteiger partial charge < -0.3 is 15.4 Å². The maximum Gasteiger partial charge on any atom is 0.408 e. The van der Waals surface area contributed by atoms with Crippen LogP contribution in [0.5, 0.6) is 0 Å². The molecule has 0 aliphatic carbocycles. The van der Waals surface area contributed by atoms with E-state index >= 15 is 0 Å². The summed E-state index contributed by atoms with van der Waals surface area (Å²) in [5.74, 6) is 0.330. The molecule has 1 aromatic rings. The van der Waals surface area contributed by atoms with Gasteiger partial charge in [-0.25, -0.2) is 4.79 Å². The van der Waals surface area contributed by atoms with E-state index in [0.29, 0.717) is 12.2 Å².